The zero-order valence-corrected chi connectivity index (χ0v) is 19.3. The normalized spacial score (nSPS) is 20.3. The molecule has 2 rings (SSSR count). The van der Waals surface area contributed by atoms with Crippen LogP contribution in [0.3, 0.4) is 0 Å². The predicted molar refractivity (Wildman–Crippen MR) is 119 cm³/mol. The van der Waals surface area contributed by atoms with E-state index in [4.69, 9.17) is 0 Å². The molecule has 2 fully saturated rings. The summed E-state index contributed by atoms with van der Waals surface area (Å²) in [5.41, 5.74) is 0. The molecule has 0 aromatic rings. The van der Waals surface area contributed by atoms with Gasteiger partial charge in [0.05, 0.1) is 5.75 Å². The van der Waals surface area contributed by atoms with Crippen molar-refractivity contribution in [2.24, 2.45) is 10.9 Å². The minimum atomic E-state index is -3.21. The topological polar surface area (TPSA) is 85.8 Å². The van der Waals surface area contributed by atoms with E-state index in [-0.39, 0.29) is 29.7 Å². The van der Waals surface area contributed by atoms with Crippen LogP contribution in [-0.4, -0.2) is 70.8 Å². The quantitative estimate of drug-likeness (QED) is 0.253. The highest BCUT2D eigenvalue weighted by Crippen LogP contribution is 2.25. The first-order chi connectivity index (χ1) is 12.0. The molecule has 0 radical (unpaired) electrons. The van der Waals surface area contributed by atoms with Gasteiger partial charge in [-0.2, -0.15) is 0 Å². The highest BCUT2D eigenvalue weighted by molar-refractivity contribution is 14.0. The molecule has 1 heterocycles. The zero-order valence-electron chi connectivity index (χ0n) is 16.2. The molecule has 0 bridgehead atoms. The molecular formula is C17H36IN5O2S. The lowest BCUT2D eigenvalue weighted by molar-refractivity contribution is 0.206. The molecule has 1 aliphatic carbocycles. The summed E-state index contributed by atoms with van der Waals surface area (Å²) in [6, 6.07) is 0.410. The van der Waals surface area contributed by atoms with Crippen LogP contribution in [0.5, 0.6) is 0 Å². The number of halogens is 1. The Balaban J connectivity index is 0.00000338. The van der Waals surface area contributed by atoms with E-state index in [2.05, 4.69) is 32.2 Å². The Labute approximate surface area is 176 Å². The Kier molecular flexibility index (Phi) is 11.4. The molecule has 0 amide bonds. The van der Waals surface area contributed by atoms with Crippen LogP contribution in [0.25, 0.3) is 0 Å². The molecule has 1 aliphatic heterocycles. The van der Waals surface area contributed by atoms with Crippen LogP contribution in [0.2, 0.25) is 0 Å². The third kappa shape index (κ3) is 8.71. The van der Waals surface area contributed by atoms with E-state index >= 15 is 0 Å². The van der Waals surface area contributed by atoms with E-state index in [1.165, 1.54) is 19.4 Å². The SMILES string of the molecule is CCCN1CCC(NC(=NC)NCCS(=O)(=O)NCC2CCC2)CC1.I. The summed E-state index contributed by atoms with van der Waals surface area (Å²) in [7, 11) is -1.48. The van der Waals surface area contributed by atoms with Gasteiger partial charge >= 0.3 is 0 Å². The summed E-state index contributed by atoms with van der Waals surface area (Å²) in [5.74, 6) is 1.31. The van der Waals surface area contributed by atoms with Crippen molar-refractivity contribution in [3.05, 3.63) is 0 Å². The molecule has 9 heteroatoms. The van der Waals surface area contributed by atoms with Crippen molar-refractivity contribution in [3.63, 3.8) is 0 Å². The summed E-state index contributed by atoms with van der Waals surface area (Å²) in [6.45, 7) is 6.57. The summed E-state index contributed by atoms with van der Waals surface area (Å²) >= 11 is 0. The Morgan fingerprint density at radius 2 is 1.88 bits per heavy atom. The van der Waals surface area contributed by atoms with Gasteiger partial charge in [0.1, 0.15) is 0 Å². The lowest BCUT2D eigenvalue weighted by Crippen LogP contribution is -2.49. The number of nitrogens with zero attached hydrogens (tertiary/aromatic N) is 2. The van der Waals surface area contributed by atoms with Crippen molar-refractivity contribution in [2.75, 3.05) is 45.5 Å². The first kappa shape index (κ1) is 23.9. The van der Waals surface area contributed by atoms with Crippen LogP contribution < -0.4 is 15.4 Å². The van der Waals surface area contributed by atoms with Crippen molar-refractivity contribution in [1.82, 2.24) is 20.3 Å². The van der Waals surface area contributed by atoms with Gasteiger partial charge in [-0.25, -0.2) is 13.1 Å². The van der Waals surface area contributed by atoms with E-state index in [0.717, 1.165) is 38.8 Å². The first-order valence-electron chi connectivity index (χ1n) is 9.69. The van der Waals surface area contributed by atoms with E-state index in [9.17, 15) is 8.42 Å². The van der Waals surface area contributed by atoms with Crippen LogP contribution in [0.15, 0.2) is 4.99 Å². The summed E-state index contributed by atoms with van der Waals surface area (Å²) < 4.78 is 26.7. The maximum atomic E-state index is 12.0. The van der Waals surface area contributed by atoms with Gasteiger partial charge in [-0.15, -0.1) is 24.0 Å². The molecule has 0 spiro atoms. The minimum Gasteiger partial charge on any atom is -0.355 e. The molecule has 26 heavy (non-hydrogen) atoms. The predicted octanol–water partition coefficient (Wildman–Crippen LogP) is 1.36. The average Bonchev–Trinajstić information content (AvgIpc) is 2.54. The monoisotopic (exact) mass is 501 g/mol. The van der Waals surface area contributed by atoms with E-state index in [1.54, 1.807) is 7.05 Å². The van der Waals surface area contributed by atoms with Gasteiger partial charge in [-0.05, 0) is 44.6 Å². The summed E-state index contributed by atoms with van der Waals surface area (Å²) in [5, 5.41) is 6.55. The number of guanidine groups is 1. The lowest BCUT2D eigenvalue weighted by Gasteiger charge is -2.32. The number of piperidine rings is 1. The van der Waals surface area contributed by atoms with Gasteiger partial charge in [0.2, 0.25) is 10.0 Å². The smallest absolute Gasteiger partial charge is 0.213 e. The van der Waals surface area contributed by atoms with Gasteiger partial charge < -0.3 is 15.5 Å². The minimum absolute atomic E-state index is 0. The third-order valence-electron chi connectivity index (χ3n) is 5.17. The maximum absolute atomic E-state index is 12.0. The van der Waals surface area contributed by atoms with Crippen LogP contribution in [0.1, 0.15) is 45.4 Å². The molecule has 7 nitrogen and oxygen atoms in total. The fraction of sp³-hybridized carbons (Fsp3) is 0.941. The van der Waals surface area contributed by atoms with Crippen LogP contribution >= 0.6 is 24.0 Å². The highest BCUT2D eigenvalue weighted by atomic mass is 127. The highest BCUT2D eigenvalue weighted by Gasteiger charge is 2.21. The summed E-state index contributed by atoms with van der Waals surface area (Å²) in [6.07, 6.45) is 6.92. The third-order valence-corrected chi connectivity index (χ3v) is 6.52. The Bertz CT molecular complexity index is 517. The molecule has 0 unspecified atom stereocenters. The largest absolute Gasteiger partial charge is 0.355 e. The Morgan fingerprint density at radius 1 is 1.19 bits per heavy atom. The van der Waals surface area contributed by atoms with Gasteiger partial charge in [-0.1, -0.05) is 13.3 Å². The zero-order chi connectivity index (χ0) is 18.1. The molecule has 2 aliphatic rings. The first-order valence-corrected chi connectivity index (χ1v) is 11.3. The van der Waals surface area contributed by atoms with Gasteiger partial charge in [0, 0.05) is 39.3 Å². The van der Waals surface area contributed by atoms with Crippen molar-refractivity contribution >= 4 is 40.0 Å². The number of hydrogen-bond acceptors (Lipinski definition) is 4. The van der Waals surface area contributed by atoms with E-state index < -0.39 is 10.0 Å². The second-order valence-corrected chi connectivity index (χ2v) is 9.15. The van der Waals surface area contributed by atoms with Crippen LogP contribution in [-0.2, 0) is 10.0 Å². The standard InChI is InChI=1S/C17H35N5O2S.HI/c1-3-10-22-11-7-16(8-12-22)21-17(18-2)19-9-13-25(23,24)20-14-15-5-4-6-15;/h15-16,20H,3-14H2,1-2H3,(H2,18,19,21);1H. The number of rotatable bonds is 9. The van der Waals surface area contributed by atoms with Crippen molar-refractivity contribution in [2.45, 2.75) is 51.5 Å². The Morgan fingerprint density at radius 3 is 2.42 bits per heavy atom. The Hall–Kier alpha value is -0.130. The fourth-order valence-electron chi connectivity index (χ4n) is 3.32. The lowest BCUT2D eigenvalue weighted by atomic mass is 9.86. The van der Waals surface area contributed by atoms with Crippen LogP contribution in [0, 0.1) is 5.92 Å². The van der Waals surface area contributed by atoms with Crippen molar-refractivity contribution < 1.29 is 8.42 Å². The molecule has 0 aromatic carbocycles. The maximum Gasteiger partial charge on any atom is 0.213 e. The molecular weight excluding hydrogens is 465 g/mol. The molecule has 0 atom stereocenters. The van der Waals surface area contributed by atoms with Gasteiger partial charge in [0.15, 0.2) is 5.96 Å². The van der Waals surface area contributed by atoms with E-state index in [0.29, 0.717) is 31.0 Å². The number of aliphatic imine (C=N–C) groups is 1. The second kappa shape index (κ2) is 12.4. The van der Waals surface area contributed by atoms with Crippen molar-refractivity contribution in [1.29, 1.82) is 0 Å². The molecule has 1 saturated carbocycles. The molecule has 1 saturated heterocycles. The van der Waals surface area contributed by atoms with E-state index in [1.807, 2.05) is 0 Å². The van der Waals surface area contributed by atoms with Gasteiger partial charge in [-0.3, -0.25) is 4.99 Å². The van der Waals surface area contributed by atoms with Crippen LogP contribution in [0.4, 0.5) is 0 Å². The van der Waals surface area contributed by atoms with Gasteiger partial charge in [0.25, 0.3) is 0 Å². The molecule has 3 N–H and O–H groups in total. The fourth-order valence-corrected chi connectivity index (χ4v) is 4.33. The van der Waals surface area contributed by atoms with Crippen molar-refractivity contribution in [3.8, 4) is 0 Å². The summed E-state index contributed by atoms with van der Waals surface area (Å²) in [4.78, 5) is 6.71. The molecule has 154 valence electrons. The second-order valence-electron chi connectivity index (χ2n) is 7.22. The number of nitrogens with one attached hydrogen (secondary N) is 3. The molecule has 0 aromatic heterocycles. The number of likely N-dealkylation sites (tertiary alicyclic amines) is 1. The number of hydrogen-bond donors (Lipinski definition) is 3. The number of sulfonamides is 1. The average molecular weight is 501 g/mol.